The van der Waals surface area contributed by atoms with E-state index in [0.717, 1.165) is 36.5 Å². The molecule has 4 heterocycles. The molecule has 3 aromatic heterocycles. The molecular weight excluding hydrogens is 369 g/mol. The summed E-state index contributed by atoms with van der Waals surface area (Å²) in [5.41, 5.74) is 2.26. The predicted octanol–water partition coefficient (Wildman–Crippen LogP) is 2.81. The molecule has 0 amide bonds. The zero-order valence-electron chi connectivity index (χ0n) is 16.0. The van der Waals surface area contributed by atoms with Crippen LogP contribution in [0.3, 0.4) is 0 Å². The fourth-order valence-electron chi connectivity index (χ4n) is 3.71. The molecule has 0 spiro atoms. The van der Waals surface area contributed by atoms with Crippen molar-refractivity contribution in [2.24, 2.45) is 0 Å². The number of halogens is 1. The third-order valence-corrected chi connectivity index (χ3v) is 5.18. The van der Waals surface area contributed by atoms with Gasteiger partial charge in [0.25, 0.3) is 0 Å². The van der Waals surface area contributed by atoms with Gasteiger partial charge in [-0.15, -0.1) is 0 Å². The number of hydrogen-bond donors (Lipinski definition) is 1. The molecule has 0 aliphatic carbocycles. The minimum absolute atomic E-state index is 0.286. The summed E-state index contributed by atoms with van der Waals surface area (Å²) in [6.45, 7) is 4.93. The lowest BCUT2D eigenvalue weighted by Crippen LogP contribution is -2.50. The number of pyridine rings is 1. The third kappa shape index (κ3) is 3.21. The summed E-state index contributed by atoms with van der Waals surface area (Å²) in [7, 11) is 0. The van der Waals surface area contributed by atoms with Crippen molar-refractivity contribution in [2.45, 2.75) is 13.0 Å². The van der Waals surface area contributed by atoms with Gasteiger partial charge in [0.2, 0.25) is 0 Å². The smallest absolute Gasteiger partial charge is 0.168 e. The van der Waals surface area contributed by atoms with Gasteiger partial charge in [0.1, 0.15) is 35.1 Å². The lowest BCUT2D eigenvalue weighted by atomic mass is 10.2. The number of aromatic nitrogens is 5. The van der Waals surface area contributed by atoms with Crippen molar-refractivity contribution in [3.8, 4) is 17.2 Å². The number of fused-ring (bicyclic) bond motifs is 1. The number of benzene rings is 1. The maximum atomic E-state index is 13.5. The summed E-state index contributed by atoms with van der Waals surface area (Å²) >= 11 is 0. The highest BCUT2D eigenvalue weighted by molar-refractivity contribution is 5.81. The van der Waals surface area contributed by atoms with Gasteiger partial charge in [-0.25, -0.2) is 24.3 Å². The Morgan fingerprint density at radius 2 is 1.90 bits per heavy atom. The molecule has 1 aliphatic rings. The number of nitrogens with one attached hydrogen (secondary N) is 1. The lowest BCUT2D eigenvalue weighted by molar-refractivity contribution is 0.497. The van der Waals surface area contributed by atoms with Crippen LogP contribution in [0.4, 0.5) is 10.2 Å². The highest BCUT2D eigenvalue weighted by atomic mass is 19.1. The van der Waals surface area contributed by atoms with Crippen LogP contribution < -0.4 is 10.2 Å². The minimum atomic E-state index is -0.286. The summed E-state index contributed by atoms with van der Waals surface area (Å²) in [5.74, 6) is 1.95. The Hall–Kier alpha value is -3.39. The van der Waals surface area contributed by atoms with E-state index in [2.05, 4.69) is 27.1 Å². The average Bonchev–Trinajstić information content (AvgIpc) is 3.14. The molecule has 1 atom stereocenters. The molecule has 29 heavy (non-hydrogen) atoms. The van der Waals surface area contributed by atoms with Crippen molar-refractivity contribution in [2.75, 3.05) is 24.5 Å². The molecule has 1 aliphatic heterocycles. The summed E-state index contributed by atoms with van der Waals surface area (Å²) < 4.78 is 15.4. The lowest BCUT2D eigenvalue weighted by Gasteiger charge is -2.34. The number of nitrogens with zero attached hydrogens (tertiary/aromatic N) is 6. The molecule has 5 rings (SSSR count). The van der Waals surface area contributed by atoms with Crippen molar-refractivity contribution in [3.63, 3.8) is 0 Å². The van der Waals surface area contributed by atoms with Crippen LogP contribution in [-0.4, -0.2) is 50.2 Å². The zero-order valence-corrected chi connectivity index (χ0v) is 16.0. The standard InChI is InChI=1S/C21H20FN7/c1-14-12-23-10-11-28(14)19-7-6-17-21(27-19)29(18-8-9-24-13-25-18)20(26-17)15-2-4-16(22)5-3-15/h2-9,13-14,23H,10-12H2,1H3. The minimum Gasteiger partial charge on any atom is -0.351 e. The molecule has 1 saturated heterocycles. The van der Waals surface area contributed by atoms with Crippen molar-refractivity contribution in [1.29, 1.82) is 0 Å². The van der Waals surface area contributed by atoms with E-state index in [1.54, 1.807) is 18.3 Å². The summed E-state index contributed by atoms with van der Waals surface area (Å²) in [5, 5.41) is 3.40. The predicted molar refractivity (Wildman–Crippen MR) is 110 cm³/mol. The van der Waals surface area contributed by atoms with Gasteiger partial charge in [0, 0.05) is 37.4 Å². The largest absolute Gasteiger partial charge is 0.351 e. The Bertz CT molecular complexity index is 1140. The Morgan fingerprint density at radius 3 is 2.66 bits per heavy atom. The molecule has 1 aromatic carbocycles. The second kappa shape index (κ2) is 7.21. The van der Waals surface area contributed by atoms with Gasteiger partial charge in [0.15, 0.2) is 5.65 Å². The summed E-state index contributed by atoms with van der Waals surface area (Å²) in [6, 6.07) is 12.4. The van der Waals surface area contributed by atoms with Crippen molar-refractivity contribution in [1.82, 2.24) is 29.8 Å². The van der Waals surface area contributed by atoms with Crippen LogP contribution in [0.25, 0.3) is 28.4 Å². The number of imidazole rings is 1. The van der Waals surface area contributed by atoms with Gasteiger partial charge < -0.3 is 10.2 Å². The number of piperazine rings is 1. The van der Waals surface area contributed by atoms with E-state index in [0.29, 0.717) is 23.3 Å². The SMILES string of the molecule is CC1CNCCN1c1ccc2nc(-c3ccc(F)cc3)n(-c3ccncn3)c2n1. The van der Waals surface area contributed by atoms with Crippen LogP contribution in [0.1, 0.15) is 6.92 Å². The molecule has 0 bridgehead atoms. The number of rotatable bonds is 3. The highest BCUT2D eigenvalue weighted by Crippen LogP contribution is 2.29. The van der Waals surface area contributed by atoms with Gasteiger partial charge >= 0.3 is 0 Å². The fourth-order valence-corrected chi connectivity index (χ4v) is 3.71. The van der Waals surface area contributed by atoms with E-state index < -0.39 is 0 Å². The Morgan fingerprint density at radius 1 is 1.03 bits per heavy atom. The quantitative estimate of drug-likeness (QED) is 0.581. The molecule has 8 heteroatoms. The normalized spacial score (nSPS) is 17.0. The van der Waals surface area contributed by atoms with Crippen molar-refractivity contribution in [3.05, 3.63) is 60.8 Å². The van der Waals surface area contributed by atoms with E-state index in [9.17, 15) is 4.39 Å². The molecule has 7 nitrogen and oxygen atoms in total. The van der Waals surface area contributed by atoms with Crippen LogP contribution >= 0.6 is 0 Å². The van der Waals surface area contributed by atoms with Crippen LogP contribution in [0.15, 0.2) is 55.0 Å². The first-order valence-electron chi connectivity index (χ1n) is 9.60. The van der Waals surface area contributed by atoms with Gasteiger partial charge in [-0.2, -0.15) is 0 Å². The molecule has 1 unspecified atom stereocenters. The zero-order chi connectivity index (χ0) is 19.8. The van der Waals surface area contributed by atoms with Gasteiger partial charge in [-0.05, 0) is 49.4 Å². The topological polar surface area (TPSA) is 71.8 Å². The molecular formula is C21H20FN7. The van der Waals surface area contributed by atoms with Crippen LogP contribution in [0.2, 0.25) is 0 Å². The van der Waals surface area contributed by atoms with E-state index >= 15 is 0 Å². The van der Waals surface area contributed by atoms with Crippen LogP contribution in [-0.2, 0) is 0 Å². The maximum absolute atomic E-state index is 13.5. The number of anilines is 1. The fraction of sp³-hybridized carbons (Fsp3) is 0.238. The Kier molecular flexibility index (Phi) is 4.40. The summed E-state index contributed by atoms with van der Waals surface area (Å²) in [4.78, 5) is 20.5. The van der Waals surface area contributed by atoms with E-state index in [-0.39, 0.29) is 5.82 Å². The van der Waals surface area contributed by atoms with Gasteiger partial charge in [-0.1, -0.05) is 0 Å². The number of hydrogen-bond acceptors (Lipinski definition) is 6. The Balaban J connectivity index is 1.71. The van der Waals surface area contributed by atoms with E-state index in [1.165, 1.54) is 18.5 Å². The summed E-state index contributed by atoms with van der Waals surface area (Å²) in [6.07, 6.45) is 3.18. The highest BCUT2D eigenvalue weighted by Gasteiger charge is 2.22. The average molecular weight is 389 g/mol. The van der Waals surface area contributed by atoms with E-state index in [4.69, 9.17) is 9.97 Å². The van der Waals surface area contributed by atoms with Gasteiger partial charge in [-0.3, -0.25) is 4.57 Å². The van der Waals surface area contributed by atoms with Crippen molar-refractivity contribution < 1.29 is 4.39 Å². The second-order valence-electron chi connectivity index (χ2n) is 7.10. The molecule has 146 valence electrons. The monoisotopic (exact) mass is 389 g/mol. The molecule has 4 aromatic rings. The first-order chi connectivity index (χ1) is 14.2. The molecule has 0 radical (unpaired) electrons. The first-order valence-corrected chi connectivity index (χ1v) is 9.60. The second-order valence-corrected chi connectivity index (χ2v) is 7.10. The molecule has 0 saturated carbocycles. The first kappa shape index (κ1) is 17.7. The maximum Gasteiger partial charge on any atom is 0.168 e. The van der Waals surface area contributed by atoms with E-state index in [1.807, 2.05) is 22.8 Å². The van der Waals surface area contributed by atoms with Crippen molar-refractivity contribution >= 4 is 17.0 Å². The molecule has 1 N–H and O–H groups in total. The molecule has 1 fully saturated rings. The Labute approximate surface area is 167 Å². The van der Waals surface area contributed by atoms with Crippen LogP contribution in [0, 0.1) is 5.82 Å². The van der Waals surface area contributed by atoms with Crippen LogP contribution in [0.5, 0.6) is 0 Å². The van der Waals surface area contributed by atoms with Gasteiger partial charge in [0.05, 0.1) is 0 Å². The third-order valence-electron chi connectivity index (χ3n) is 5.18.